The third kappa shape index (κ3) is 4.03. The van der Waals surface area contributed by atoms with E-state index in [4.69, 9.17) is 5.10 Å². The van der Waals surface area contributed by atoms with Gasteiger partial charge in [0, 0.05) is 11.3 Å². The van der Waals surface area contributed by atoms with E-state index >= 15 is 0 Å². The summed E-state index contributed by atoms with van der Waals surface area (Å²) in [5.74, 6) is -0.190. The fourth-order valence-corrected chi connectivity index (χ4v) is 3.49. The van der Waals surface area contributed by atoms with Crippen LogP contribution in [0.4, 0.5) is 5.69 Å². The lowest BCUT2D eigenvalue weighted by atomic mass is 9.86. The van der Waals surface area contributed by atoms with Gasteiger partial charge in [-0.3, -0.25) is 4.79 Å². The molecule has 0 aliphatic carbocycles. The van der Waals surface area contributed by atoms with Gasteiger partial charge in [0.1, 0.15) is 5.69 Å². The third-order valence-electron chi connectivity index (χ3n) is 5.00. The summed E-state index contributed by atoms with van der Waals surface area (Å²) in [6, 6.07) is 29.4. The van der Waals surface area contributed by atoms with Crippen LogP contribution in [0.1, 0.15) is 36.8 Å². The van der Waals surface area contributed by atoms with Crippen molar-refractivity contribution in [1.29, 1.82) is 0 Å². The van der Waals surface area contributed by atoms with E-state index in [-0.39, 0.29) is 11.3 Å². The van der Waals surface area contributed by atoms with Crippen molar-refractivity contribution >= 4 is 11.6 Å². The van der Waals surface area contributed by atoms with Gasteiger partial charge in [0.05, 0.1) is 11.4 Å². The van der Waals surface area contributed by atoms with Crippen LogP contribution in [0.15, 0.2) is 91.0 Å². The molecule has 0 bridgehead atoms. The second-order valence-electron chi connectivity index (χ2n) is 8.28. The minimum absolute atomic E-state index is 0.0846. The van der Waals surface area contributed by atoms with Gasteiger partial charge in [-0.25, -0.2) is 4.68 Å². The number of nitrogens with zero attached hydrogens (tertiary/aromatic N) is 2. The Labute approximate surface area is 177 Å². The monoisotopic (exact) mass is 395 g/mol. The quantitative estimate of drug-likeness (QED) is 0.454. The highest BCUT2D eigenvalue weighted by molar-refractivity contribution is 6.04. The van der Waals surface area contributed by atoms with Crippen LogP contribution in [0.5, 0.6) is 0 Å². The molecule has 1 heterocycles. The maximum absolute atomic E-state index is 13.4. The van der Waals surface area contributed by atoms with E-state index in [1.165, 1.54) is 0 Å². The summed E-state index contributed by atoms with van der Waals surface area (Å²) in [5, 5.41) is 7.85. The molecular weight excluding hydrogens is 370 g/mol. The molecular formula is C26H25N3O. The van der Waals surface area contributed by atoms with E-state index in [9.17, 15) is 4.79 Å². The van der Waals surface area contributed by atoms with E-state index in [0.717, 1.165) is 28.2 Å². The first-order valence-electron chi connectivity index (χ1n) is 10.1. The smallest absolute Gasteiger partial charge is 0.274 e. The Balaban J connectivity index is 1.77. The number of nitrogens with one attached hydrogen (secondary N) is 1. The average Bonchev–Trinajstić information content (AvgIpc) is 3.20. The van der Waals surface area contributed by atoms with Crippen LogP contribution >= 0.6 is 0 Å². The molecule has 150 valence electrons. The summed E-state index contributed by atoms with van der Waals surface area (Å²) in [6.45, 7) is 6.42. The number of hydrogen-bond donors (Lipinski definition) is 1. The predicted molar refractivity (Wildman–Crippen MR) is 122 cm³/mol. The van der Waals surface area contributed by atoms with Crippen LogP contribution in [-0.2, 0) is 5.41 Å². The minimum atomic E-state index is -0.190. The SMILES string of the molecule is CC(C)(C)c1ccccc1NC(=O)c1cc(-c2ccccc2)nn1-c1ccccc1. The molecule has 0 radical (unpaired) electrons. The van der Waals surface area contributed by atoms with Gasteiger partial charge in [0.25, 0.3) is 5.91 Å². The number of amides is 1. The van der Waals surface area contributed by atoms with Crippen LogP contribution in [-0.4, -0.2) is 15.7 Å². The lowest BCUT2D eigenvalue weighted by Gasteiger charge is -2.23. The summed E-state index contributed by atoms with van der Waals surface area (Å²) in [6.07, 6.45) is 0. The Hall–Kier alpha value is -3.66. The van der Waals surface area contributed by atoms with Crippen molar-refractivity contribution in [2.75, 3.05) is 5.32 Å². The van der Waals surface area contributed by atoms with Gasteiger partial charge in [0.2, 0.25) is 0 Å². The van der Waals surface area contributed by atoms with Gasteiger partial charge >= 0.3 is 0 Å². The molecule has 4 nitrogen and oxygen atoms in total. The van der Waals surface area contributed by atoms with E-state index < -0.39 is 0 Å². The first kappa shape index (κ1) is 19.6. The number of para-hydroxylation sites is 2. The molecule has 0 atom stereocenters. The molecule has 4 aromatic rings. The number of carbonyl (C=O) groups excluding carboxylic acids is 1. The van der Waals surface area contributed by atoms with Crippen molar-refractivity contribution in [1.82, 2.24) is 9.78 Å². The zero-order valence-electron chi connectivity index (χ0n) is 17.5. The summed E-state index contributed by atoms with van der Waals surface area (Å²) in [5.41, 5.74) is 4.88. The second-order valence-corrected chi connectivity index (χ2v) is 8.28. The molecule has 0 aliphatic rings. The Kier molecular flexibility index (Phi) is 5.23. The molecule has 0 spiro atoms. The lowest BCUT2D eigenvalue weighted by Crippen LogP contribution is -2.20. The maximum Gasteiger partial charge on any atom is 0.274 e. The highest BCUT2D eigenvalue weighted by Crippen LogP contribution is 2.30. The Bertz CT molecular complexity index is 1160. The average molecular weight is 396 g/mol. The molecule has 0 saturated heterocycles. The number of benzene rings is 3. The number of aromatic nitrogens is 2. The molecule has 0 saturated carbocycles. The Morgan fingerprint density at radius 1 is 0.833 bits per heavy atom. The van der Waals surface area contributed by atoms with Crippen LogP contribution in [0.2, 0.25) is 0 Å². The van der Waals surface area contributed by atoms with E-state index in [1.54, 1.807) is 4.68 Å². The third-order valence-corrected chi connectivity index (χ3v) is 5.00. The number of hydrogen-bond acceptors (Lipinski definition) is 2. The van der Waals surface area contributed by atoms with E-state index in [1.807, 2.05) is 84.9 Å². The van der Waals surface area contributed by atoms with Gasteiger partial charge in [-0.05, 0) is 35.2 Å². The van der Waals surface area contributed by atoms with Crippen molar-refractivity contribution in [2.24, 2.45) is 0 Å². The number of rotatable bonds is 4. The van der Waals surface area contributed by atoms with Crippen molar-refractivity contribution < 1.29 is 4.79 Å². The second kappa shape index (κ2) is 7.99. The largest absolute Gasteiger partial charge is 0.320 e. The van der Waals surface area contributed by atoms with Gasteiger partial charge in [0.15, 0.2) is 0 Å². The molecule has 4 heteroatoms. The fourth-order valence-electron chi connectivity index (χ4n) is 3.49. The van der Waals surface area contributed by atoms with Crippen molar-refractivity contribution in [3.63, 3.8) is 0 Å². The Morgan fingerprint density at radius 3 is 2.10 bits per heavy atom. The van der Waals surface area contributed by atoms with Crippen LogP contribution in [0, 0.1) is 0 Å². The normalized spacial score (nSPS) is 11.3. The summed E-state index contributed by atoms with van der Waals surface area (Å²) in [7, 11) is 0. The maximum atomic E-state index is 13.4. The first-order valence-corrected chi connectivity index (χ1v) is 10.1. The molecule has 30 heavy (non-hydrogen) atoms. The van der Waals surface area contributed by atoms with Gasteiger partial charge in [-0.2, -0.15) is 5.10 Å². The number of anilines is 1. The van der Waals surface area contributed by atoms with Crippen molar-refractivity contribution in [2.45, 2.75) is 26.2 Å². The van der Waals surface area contributed by atoms with Gasteiger partial charge in [-0.15, -0.1) is 0 Å². The zero-order valence-corrected chi connectivity index (χ0v) is 17.5. The van der Waals surface area contributed by atoms with Crippen LogP contribution in [0.25, 0.3) is 16.9 Å². The van der Waals surface area contributed by atoms with Crippen LogP contribution in [0.3, 0.4) is 0 Å². The summed E-state index contributed by atoms with van der Waals surface area (Å²) < 4.78 is 1.71. The zero-order chi connectivity index (χ0) is 21.1. The van der Waals surface area contributed by atoms with Crippen LogP contribution < -0.4 is 5.32 Å². The molecule has 4 rings (SSSR count). The highest BCUT2D eigenvalue weighted by atomic mass is 16.2. The summed E-state index contributed by atoms with van der Waals surface area (Å²) in [4.78, 5) is 13.4. The molecule has 0 fully saturated rings. The van der Waals surface area contributed by atoms with E-state index in [2.05, 4.69) is 32.2 Å². The predicted octanol–water partition coefficient (Wildman–Crippen LogP) is 6.09. The molecule has 0 unspecified atom stereocenters. The minimum Gasteiger partial charge on any atom is -0.320 e. The van der Waals surface area contributed by atoms with Crippen molar-refractivity contribution in [3.8, 4) is 16.9 Å². The van der Waals surface area contributed by atoms with E-state index in [0.29, 0.717) is 5.69 Å². The van der Waals surface area contributed by atoms with Crippen molar-refractivity contribution in [3.05, 3.63) is 102 Å². The lowest BCUT2D eigenvalue weighted by molar-refractivity contribution is 0.101. The summed E-state index contributed by atoms with van der Waals surface area (Å²) >= 11 is 0. The first-order chi connectivity index (χ1) is 14.4. The fraction of sp³-hybridized carbons (Fsp3) is 0.154. The molecule has 0 aliphatic heterocycles. The topological polar surface area (TPSA) is 46.9 Å². The highest BCUT2D eigenvalue weighted by Gasteiger charge is 2.22. The van der Waals surface area contributed by atoms with Gasteiger partial charge < -0.3 is 5.32 Å². The Morgan fingerprint density at radius 2 is 1.43 bits per heavy atom. The number of carbonyl (C=O) groups is 1. The molecule has 3 aromatic carbocycles. The standard InChI is InChI=1S/C26H25N3O/c1-26(2,3)21-16-10-11-17-22(21)27-25(30)24-18-23(19-12-6-4-7-13-19)28-29(24)20-14-8-5-9-15-20/h4-18H,1-3H3,(H,27,30). The molecule has 1 aromatic heterocycles. The van der Waals surface area contributed by atoms with Gasteiger partial charge in [-0.1, -0.05) is 87.5 Å². The molecule has 1 N–H and O–H groups in total. The molecule has 1 amide bonds.